The molecule has 130 valence electrons. The van der Waals surface area contributed by atoms with Crippen LogP contribution in [0.4, 0.5) is 5.82 Å². The molecule has 1 N–H and O–H groups in total. The lowest BCUT2D eigenvalue weighted by atomic mass is 10.2. The maximum Gasteiger partial charge on any atom is 0.154 e. The van der Waals surface area contributed by atoms with Gasteiger partial charge in [-0.1, -0.05) is 29.8 Å². The quantitative estimate of drug-likeness (QED) is 0.570. The maximum atomic E-state index is 6.11. The van der Waals surface area contributed by atoms with E-state index in [4.69, 9.17) is 11.6 Å². The van der Waals surface area contributed by atoms with Gasteiger partial charge in [-0.2, -0.15) is 0 Å². The van der Waals surface area contributed by atoms with E-state index in [1.807, 2.05) is 72.2 Å². The summed E-state index contributed by atoms with van der Waals surface area (Å²) in [7, 11) is 0. The van der Waals surface area contributed by atoms with Crippen molar-refractivity contribution in [1.82, 2.24) is 19.6 Å². The number of rotatable bonds is 5. The largest absolute Gasteiger partial charge is 0.368 e. The van der Waals surface area contributed by atoms with E-state index in [0.717, 1.165) is 47.1 Å². The van der Waals surface area contributed by atoms with E-state index in [1.165, 1.54) is 0 Å². The number of nitrogens with zero attached hydrogens (tertiary/aromatic N) is 4. The Morgan fingerprint density at radius 2 is 1.96 bits per heavy atom. The summed E-state index contributed by atoms with van der Waals surface area (Å²) in [6.45, 7) is 2.76. The van der Waals surface area contributed by atoms with Gasteiger partial charge in [-0.05, 0) is 43.3 Å². The van der Waals surface area contributed by atoms with Crippen LogP contribution in [0.2, 0.25) is 5.02 Å². The molecule has 0 atom stereocenters. The van der Waals surface area contributed by atoms with E-state index in [0.29, 0.717) is 5.02 Å². The average Bonchev–Trinajstić information content (AvgIpc) is 3.05. The molecule has 0 radical (unpaired) electrons. The Morgan fingerprint density at radius 3 is 2.81 bits per heavy atom. The first-order valence-corrected chi connectivity index (χ1v) is 8.84. The maximum absolute atomic E-state index is 6.11. The molecule has 4 rings (SSSR count). The standard InChI is InChI=1S/C20H18ClN5/c1-14-4-2-7-17(24-14)10-11-22-19-8-9-20-23-13-18(26(20)25-19)15-5-3-6-16(21)12-15/h2-9,12-13H,10-11H2,1H3,(H,22,25). The molecule has 26 heavy (non-hydrogen) atoms. The molecule has 0 saturated heterocycles. The average molecular weight is 364 g/mol. The zero-order valence-corrected chi connectivity index (χ0v) is 15.1. The lowest BCUT2D eigenvalue weighted by Crippen LogP contribution is -2.09. The van der Waals surface area contributed by atoms with E-state index in [9.17, 15) is 0 Å². The Labute approximate surface area is 156 Å². The summed E-state index contributed by atoms with van der Waals surface area (Å²) in [4.78, 5) is 8.94. The third-order valence-electron chi connectivity index (χ3n) is 4.12. The molecule has 0 fully saturated rings. The van der Waals surface area contributed by atoms with Gasteiger partial charge in [-0.15, -0.1) is 5.10 Å². The molecule has 0 amide bonds. The first-order valence-electron chi connectivity index (χ1n) is 8.46. The number of pyridine rings is 1. The van der Waals surface area contributed by atoms with Crippen molar-refractivity contribution in [1.29, 1.82) is 0 Å². The highest BCUT2D eigenvalue weighted by atomic mass is 35.5. The number of halogens is 1. The second-order valence-electron chi connectivity index (χ2n) is 6.09. The monoisotopic (exact) mass is 363 g/mol. The van der Waals surface area contributed by atoms with Gasteiger partial charge in [0.1, 0.15) is 5.82 Å². The second-order valence-corrected chi connectivity index (χ2v) is 6.53. The van der Waals surface area contributed by atoms with Crippen molar-refractivity contribution in [3.63, 3.8) is 0 Å². The summed E-state index contributed by atoms with van der Waals surface area (Å²) in [5.41, 5.74) is 4.79. The highest BCUT2D eigenvalue weighted by Gasteiger charge is 2.08. The molecule has 0 spiro atoms. The fourth-order valence-electron chi connectivity index (χ4n) is 2.87. The third kappa shape index (κ3) is 3.53. The van der Waals surface area contributed by atoms with E-state index in [2.05, 4.69) is 20.4 Å². The molecule has 4 aromatic rings. The van der Waals surface area contributed by atoms with Gasteiger partial charge in [0.2, 0.25) is 0 Å². The molecule has 0 aliphatic rings. The molecule has 0 unspecified atom stereocenters. The number of aryl methyl sites for hydroxylation is 1. The molecule has 0 saturated carbocycles. The van der Waals surface area contributed by atoms with Crippen molar-refractivity contribution in [3.8, 4) is 11.3 Å². The number of aromatic nitrogens is 4. The van der Waals surface area contributed by atoms with E-state index >= 15 is 0 Å². The normalized spacial score (nSPS) is 11.0. The van der Waals surface area contributed by atoms with Gasteiger partial charge < -0.3 is 5.32 Å². The van der Waals surface area contributed by atoms with E-state index in [1.54, 1.807) is 0 Å². The minimum absolute atomic E-state index is 0.692. The second kappa shape index (κ2) is 7.14. The molecular formula is C20H18ClN5. The summed E-state index contributed by atoms with van der Waals surface area (Å²) < 4.78 is 1.83. The van der Waals surface area contributed by atoms with Gasteiger partial charge in [0.05, 0.1) is 11.9 Å². The van der Waals surface area contributed by atoms with Crippen LogP contribution in [-0.2, 0) is 6.42 Å². The van der Waals surface area contributed by atoms with Crippen LogP contribution in [0.5, 0.6) is 0 Å². The Balaban J connectivity index is 1.54. The molecule has 0 aliphatic carbocycles. The van der Waals surface area contributed by atoms with Crippen LogP contribution in [0, 0.1) is 6.92 Å². The number of hydrogen-bond donors (Lipinski definition) is 1. The molecule has 3 aromatic heterocycles. The fourth-order valence-corrected chi connectivity index (χ4v) is 3.06. The van der Waals surface area contributed by atoms with Crippen LogP contribution in [0.3, 0.4) is 0 Å². The lowest BCUT2D eigenvalue weighted by Gasteiger charge is -2.07. The number of hydrogen-bond acceptors (Lipinski definition) is 4. The van der Waals surface area contributed by atoms with E-state index < -0.39 is 0 Å². The Hall–Kier alpha value is -2.92. The van der Waals surface area contributed by atoms with Crippen molar-refractivity contribution in [2.75, 3.05) is 11.9 Å². The number of fused-ring (bicyclic) bond motifs is 1. The molecule has 0 aliphatic heterocycles. The van der Waals surface area contributed by atoms with Crippen LogP contribution in [0.15, 0.2) is 60.8 Å². The van der Waals surface area contributed by atoms with Gasteiger partial charge in [-0.25, -0.2) is 9.50 Å². The summed E-state index contributed by atoms with van der Waals surface area (Å²) in [5.74, 6) is 0.798. The highest BCUT2D eigenvalue weighted by molar-refractivity contribution is 6.30. The first kappa shape index (κ1) is 16.5. The molecule has 3 heterocycles. The molecule has 1 aromatic carbocycles. The van der Waals surface area contributed by atoms with Crippen molar-refractivity contribution in [2.24, 2.45) is 0 Å². The van der Waals surface area contributed by atoms with E-state index in [-0.39, 0.29) is 0 Å². The summed E-state index contributed by atoms with van der Waals surface area (Å²) in [6.07, 6.45) is 2.65. The molecule has 5 nitrogen and oxygen atoms in total. The smallest absolute Gasteiger partial charge is 0.154 e. The molecule has 0 bridgehead atoms. The van der Waals surface area contributed by atoms with Gasteiger partial charge >= 0.3 is 0 Å². The molecular weight excluding hydrogens is 346 g/mol. The zero-order chi connectivity index (χ0) is 17.9. The van der Waals surface area contributed by atoms with Crippen LogP contribution < -0.4 is 5.32 Å². The Bertz CT molecular complexity index is 1060. The topological polar surface area (TPSA) is 55.1 Å². The predicted octanol–water partition coefficient (Wildman–Crippen LogP) is 4.41. The van der Waals surface area contributed by atoms with Crippen LogP contribution in [0.1, 0.15) is 11.4 Å². The van der Waals surface area contributed by atoms with Crippen LogP contribution in [-0.4, -0.2) is 26.1 Å². The summed E-state index contributed by atoms with van der Waals surface area (Å²) in [5, 5.41) is 8.72. The van der Waals surface area contributed by atoms with Gasteiger partial charge in [-0.3, -0.25) is 4.98 Å². The number of imidazole rings is 1. The predicted molar refractivity (Wildman–Crippen MR) is 105 cm³/mol. The van der Waals surface area contributed by atoms with Gasteiger partial charge in [0.25, 0.3) is 0 Å². The third-order valence-corrected chi connectivity index (χ3v) is 4.35. The summed E-state index contributed by atoms with van der Waals surface area (Å²) in [6, 6.07) is 17.7. The summed E-state index contributed by atoms with van der Waals surface area (Å²) >= 11 is 6.11. The SMILES string of the molecule is Cc1cccc(CCNc2ccc3ncc(-c4cccc(Cl)c4)n3n2)n1. The number of anilines is 1. The number of nitrogens with one attached hydrogen (secondary N) is 1. The van der Waals surface area contributed by atoms with Gasteiger partial charge in [0.15, 0.2) is 5.65 Å². The fraction of sp³-hybridized carbons (Fsp3) is 0.150. The van der Waals surface area contributed by atoms with Gasteiger partial charge in [0, 0.05) is 34.9 Å². The van der Waals surface area contributed by atoms with Crippen LogP contribution >= 0.6 is 11.6 Å². The first-order chi connectivity index (χ1) is 12.7. The minimum atomic E-state index is 0.692. The van der Waals surface area contributed by atoms with Crippen molar-refractivity contribution in [2.45, 2.75) is 13.3 Å². The lowest BCUT2D eigenvalue weighted by molar-refractivity contribution is 0.903. The number of benzene rings is 1. The highest BCUT2D eigenvalue weighted by Crippen LogP contribution is 2.23. The molecule has 6 heteroatoms. The Kier molecular flexibility index (Phi) is 4.54. The minimum Gasteiger partial charge on any atom is -0.368 e. The van der Waals surface area contributed by atoms with Crippen molar-refractivity contribution < 1.29 is 0 Å². The van der Waals surface area contributed by atoms with Crippen molar-refractivity contribution >= 4 is 23.1 Å². The van der Waals surface area contributed by atoms with Crippen molar-refractivity contribution in [3.05, 3.63) is 77.2 Å². The Morgan fingerprint density at radius 1 is 1.08 bits per heavy atom. The van der Waals surface area contributed by atoms with Crippen LogP contribution in [0.25, 0.3) is 16.9 Å². The zero-order valence-electron chi connectivity index (χ0n) is 14.4.